The van der Waals surface area contributed by atoms with Crippen molar-refractivity contribution in [1.29, 1.82) is 0 Å². The average Bonchev–Trinajstić information content (AvgIpc) is 2.66. The van der Waals surface area contributed by atoms with Crippen molar-refractivity contribution in [2.75, 3.05) is 6.54 Å². The minimum Gasteiger partial charge on any atom is -0.366 e. The van der Waals surface area contributed by atoms with Gasteiger partial charge in [0.15, 0.2) is 11.6 Å². The molecule has 3 nitrogen and oxygen atoms in total. The molecule has 0 bridgehead atoms. The molecule has 138 valence electrons. The minimum absolute atomic E-state index is 0.0573. The van der Waals surface area contributed by atoms with Gasteiger partial charge in [-0.05, 0) is 41.3 Å². The second-order valence-electron chi connectivity index (χ2n) is 6.42. The standard InChI is InChI=1S/C22H20F2N2O/c1-13-7-8-15(18(12-25)14-5-3-2-4-6-14)11-17(13)20-16(22(26)27)9-10-19(23)21(20)24/h2-11,18H,12,25H2,1H3,(H2,26,27). The number of nitrogens with two attached hydrogens (primary N) is 2. The quantitative estimate of drug-likeness (QED) is 0.713. The molecule has 3 aromatic rings. The molecule has 0 aromatic heterocycles. The molecule has 1 atom stereocenters. The summed E-state index contributed by atoms with van der Waals surface area (Å²) in [5.74, 6) is -3.04. The third-order valence-corrected chi connectivity index (χ3v) is 4.73. The van der Waals surface area contributed by atoms with E-state index in [2.05, 4.69) is 0 Å². The van der Waals surface area contributed by atoms with Crippen LogP contribution in [0.4, 0.5) is 8.78 Å². The van der Waals surface area contributed by atoms with Gasteiger partial charge in [-0.25, -0.2) is 8.78 Å². The maximum Gasteiger partial charge on any atom is 0.249 e. The molecule has 0 fully saturated rings. The summed E-state index contributed by atoms with van der Waals surface area (Å²) in [6, 6.07) is 17.3. The number of hydrogen-bond acceptors (Lipinski definition) is 2. The largest absolute Gasteiger partial charge is 0.366 e. The van der Waals surface area contributed by atoms with Crippen LogP contribution in [-0.2, 0) is 0 Å². The van der Waals surface area contributed by atoms with Gasteiger partial charge in [0.2, 0.25) is 5.91 Å². The molecule has 0 saturated heterocycles. The first-order valence-electron chi connectivity index (χ1n) is 8.57. The van der Waals surface area contributed by atoms with Gasteiger partial charge in [0.25, 0.3) is 0 Å². The van der Waals surface area contributed by atoms with Crippen LogP contribution in [0.2, 0.25) is 0 Å². The third kappa shape index (κ3) is 3.59. The van der Waals surface area contributed by atoms with E-state index >= 15 is 0 Å². The minimum atomic E-state index is -1.09. The molecule has 1 unspecified atom stereocenters. The number of aryl methyl sites for hydroxylation is 1. The van der Waals surface area contributed by atoms with Crippen molar-refractivity contribution in [3.05, 3.63) is 94.6 Å². The van der Waals surface area contributed by atoms with Crippen LogP contribution in [0.5, 0.6) is 0 Å². The Kier molecular flexibility index (Phi) is 5.33. The van der Waals surface area contributed by atoms with Gasteiger partial charge in [-0.15, -0.1) is 0 Å². The van der Waals surface area contributed by atoms with Crippen LogP contribution in [0.1, 0.15) is 33.0 Å². The van der Waals surface area contributed by atoms with E-state index in [-0.39, 0.29) is 17.0 Å². The predicted molar refractivity (Wildman–Crippen MR) is 102 cm³/mol. The molecule has 1 amide bonds. The summed E-state index contributed by atoms with van der Waals surface area (Å²) < 4.78 is 28.5. The molecule has 27 heavy (non-hydrogen) atoms. The Labute approximate surface area is 156 Å². The first kappa shape index (κ1) is 18.7. The molecule has 0 radical (unpaired) electrons. The summed E-state index contributed by atoms with van der Waals surface area (Å²) >= 11 is 0. The van der Waals surface area contributed by atoms with Crippen molar-refractivity contribution < 1.29 is 13.6 Å². The van der Waals surface area contributed by atoms with Crippen LogP contribution in [0.3, 0.4) is 0 Å². The number of halogens is 2. The lowest BCUT2D eigenvalue weighted by Gasteiger charge is -2.19. The zero-order chi connectivity index (χ0) is 19.6. The highest BCUT2D eigenvalue weighted by atomic mass is 19.2. The van der Waals surface area contributed by atoms with E-state index in [4.69, 9.17) is 11.5 Å². The van der Waals surface area contributed by atoms with Gasteiger partial charge in [-0.2, -0.15) is 0 Å². The van der Waals surface area contributed by atoms with E-state index in [1.807, 2.05) is 42.5 Å². The van der Waals surface area contributed by atoms with Crippen molar-refractivity contribution in [3.8, 4) is 11.1 Å². The first-order valence-corrected chi connectivity index (χ1v) is 8.57. The third-order valence-electron chi connectivity index (χ3n) is 4.73. The normalized spacial score (nSPS) is 12.0. The number of primary amides is 1. The van der Waals surface area contributed by atoms with Crippen molar-refractivity contribution in [2.45, 2.75) is 12.8 Å². The lowest BCUT2D eigenvalue weighted by Crippen LogP contribution is -2.15. The van der Waals surface area contributed by atoms with Gasteiger partial charge in [0.1, 0.15) is 0 Å². The monoisotopic (exact) mass is 366 g/mol. The summed E-state index contributed by atoms with van der Waals surface area (Å²) in [5.41, 5.74) is 14.2. The summed E-state index contributed by atoms with van der Waals surface area (Å²) in [5, 5.41) is 0. The maximum atomic E-state index is 14.6. The number of benzene rings is 3. The Morgan fingerprint density at radius 1 is 1.00 bits per heavy atom. The van der Waals surface area contributed by atoms with E-state index in [1.165, 1.54) is 6.07 Å². The van der Waals surface area contributed by atoms with Crippen molar-refractivity contribution >= 4 is 5.91 Å². The smallest absolute Gasteiger partial charge is 0.249 e. The van der Waals surface area contributed by atoms with Gasteiger partial charge in [-0.3, -0.25) is 4.79 Å². The molecule has 0 aliphatic heterocycles. The Morgan fingerprint density at radius 2 is 1.70 bits per heavy atom. The maximum absolute atomic E-state index is 14.6. The van der Waals surface area contributed by atoms with E-state index < -0.39 is 17.5 Å². The van der Waals surface area contributed by atoms with Gasteiger partial charge in [0.05, 0.1) is 5.56 Å². The Hall–Kier alpha value is -3.05. The van der Waals surface area contributed by atoms with Crippen molar-refractivity contribution in [3.63, 3.8) is 0 Å². The fourth-order valence-corrected chi connectivity index (χ4v) is 3.29. The van der Waals surface area contributed by atoms with Crippen LogP contribution < -0.4 is 11.5 Å². The molecule has 3 aromatic carbocycles. The van der Waals surface area contributed by atoms with Crippen LogP contribution in [0.25, 0.3) is 11.1 Å². The van der Waals surface area contributed by atoms with Gasteiger partial charge < -0.3 is 11.5 Å². The van der Waals surface area contributed by atoms with Crippen LogP contribution in [0.15, 0.2) is 60.7 Å². The van der Waals surface area contributed by atoms with Gasteiger partial charge in [-0.1, -0.05) is 48.5 Å². The highest BCUT2D eigenvalue weighted by Crippen LogP contribution is 2.34. The Morgan fingerprint density at radius 3 is 2.33 bits per heavy atom. The number of rotatable bonds is 5. The van der Waals surface area contributed by atoms with Crippen molar-refractivity contribution in [1.82, 2.24) is 0 Å². The fourth-order valence-electron chi connectivity index (χ4n) is 3.29. The number of amides is 1. The Balaban J connectivity index is 2.21. The highest BCUT2D eigenvalue weighted by molar-refractivity contribution is 6.00. The first-order chi connectivity index (χ1) is 12.9. The second kappa shape index (κ2) is 7.68. The highest BCUT2D eigenvalue weighted by Gasteiger charge is 2.21. The number of carbonyl (C=O) groups excluding carboxylic acids is 1. The fraction of sp³-hybridized carbons (Fsp3) is 0.136. The lowest BCUT2D eigenvalue weighted by atomic mass is 9.86. The van der Waals surface area contributed by atoms with E-state index in [0.717, 1.165) is 17.2 Å². The van der Waals surface area contributed by atoms with Crippen LogP contribution in [0, 0.1) is 18.6 Å². The van der Waals surface area contributed by atoms with Crippen LogP contribution in [-0.4, -0.2) is 12.5 Å². The summed E-state index contributed by atoms with van der Waals surface area (Å²) in [6.45, 7) is 2.12. The molecule has 0 aliphatic carbocycles. The molecule has 0 spiro atoms. The lowest BCUT2D eigenvalue weighted by molar-refractivity contribution is 0.100. The van der Waals surface area contributed by atoms with Crippen LogP contribution >= 0.6 is 0 Å². The molecule has 0 aliphatic rings. The number of carbonyl (C=O) groups is 1. The summed E-state index contributed by atoms with van der Waals surface area (Å²) in [6.07, 6.45) is 0. The zero-order valence-corrected chi connectivity index (χ0v) is 14.9. The molecule has 4 N–H and O–H groups in total. The predicted octanol–water partition coefficient (Wildman–Crippen LogP) is 4.13. The summed E-state index contributed by atoms with van der Waals surface area (Å²) in [4.78, 5) is 11.8. The van der Waals surface area contributed by atoms with Crippen molar-refractivity contribution in [2.24, 2.45) is 11.5 Å². The number of hydrogen-bond donors (Lipinski definition) is 2. The van der Waals surface area contributed by atoms with Gasteiger partial charge in [0, 0.05) is 18.0 Å². The molecule has 3 rings (SSSR count). The Bertz CT molecular complexity index is 987. The molecule has 0 heterocycles. The zero-order valence-electron chi connectivity index (χ0n) is 14.9. The molecular weight excluding hydrogens is 346 g/mol. The molecule has 5 heteroatoms. The van der Waals surface area contributed by atoms with Gasteiger partial charge >= 0.3 is 0 Å². The topological polar surface area (TPSA) is 69.1 Å². The molecule has 0 saturated carbocycles. The average molecular weight is 366 g/mol. The van der Waals surface area contributed by atoms with E-state index in [9.17, 15) is 13.6 Å². The second-order valence-corrected chi connectivity index (χ2v) is 6.42. The van der Waals surface area contributed by atoms with E-state index in [1.54, 1.807) is 13.0 Å². The molecular formula is C22H20F2N2O. The van der Waals surface area contributed by atoms with E-state index in [0.29, 0.717) is 17.7 Å². The SMILES string of the molecule is Cc1ccc(C(CN)c2ccccc2)cc1-c1c(C(N)=O)ccc(F)c1F. The summed E-state index contributed by atoms with van der Waals surface area (Å²) in [7, 11) is 0.